The van der Waals surface area contributed by atoms with E-state index >= 15 is 0 Å². The van der Waals surface area contributed by atoms with E-state index in [1.54, 1.807) is 0 Å². The third-order valence-corrected chi connectivity index (χ3v) is 1.84. The standard InChI is InChI=1S/C6H2BClF6N.K/c8-5-4(6(9,10)11)1-3(2-15-5)7(12,13)14;/h1-2H;/q-1;+1. The maximum atomic E-state index is 12.1. The Morgan fingerprint density at radius 2 is 1.69 bits per heavy atom. The molecule has 1 nitrogen and oxygen atoms in total. The van der Waals surface area contributed by atoms with Gasteiger partial charge in [-0.3, -0.25) is 0 Å². The first-order valence-corrected chi connectivity index (χ1v) is 3.93. The van der Waals surface area contributed by atoms with Crippen LogP contribution in [0, 0.1) is 0 Å². The van der Waals surface area contributed by atoms with Gasteiger partial charge in [-0.25, -0.2) is 4.98 Å². The van der Waals surface area contributed by atoms with Crippen molar-refractivity contribution in [2.24, 2.45) is 0 Å². The number of aromatic nitrogens is 1. The molecule has 0 saturated heterocycles. The molecule has 84 valence electrons. The first kappa shape index (κ1) is 16.7. The third kappa shape index (κ3) is 4.19. The van der Waals surface area contributed by atoms with Crippen molar-refractivity contribution in [1.29, 1.82) is 0 Å². The van der Waals surface area contributed by atoms with Crippen LogP contribution < -0.4 is 56.8 Å². The van der Waals surface area contributed by atoms with E-state index in [0.717, 1.165) is 0 Å². The number of halogens is 7. The van der Waals surface area contributed by atoms with Gasteiger partial charge in [0.15, 0.2) is 0 Å². The second kappa shape index (κ2) is 5.57. The molecule has 0 radical (unpaired) electrons. The number of rotatable bonds is 1. The van der Waals surface area contributed by atoms with Crippen LogP contribution in [0.4, 0.5) is 26.1 Å². The van der Waals surface area contributed by atoms with Crippen molar-refractivity contribution < 1.29 is 77.5 Å². The fourth-order valence-corrected chi connectivity index (χ4v) is 1.05. The Balaban J connectivity index is 0.00000225. The Labute approximate surface area is 134 Å². The van der Waals surface area contributed by atoms with E-state index in [4.69, 9.17) is 11.6 Å². The molecular weight excluding hydrogens is 285 g/mol. The summed E-state index contributed by atoms with van der Waals surface area (Å²) in [6.07, 6.45) is -4.67. The molecule has 1 aromatic rings. The van der Waals surface area contributed by atoms with Crippen molar-refractivity contribution in [1.82, 2.24) is 4.98 Å². The van der Waals surface area contributed by atoms with Gasteiger partial charge in [0.25, 0.3) is 0 Å². The molecule has 0 N–H and O–H groups in total. The van der Waals surface area contributed by atoms with Crippen molar-refractivity contribution >= 4 is 24.0 Å². The van der Waals surface area contributed by atoms with Crippen LogP contribution in [0.5, 0.6) is 0 Å². The molecule has 0 atom stereocenters. The second-order valence-electron chi connectivity index (χ2n) is 2.68. The number of hydrogen-bond donors (Lipinski definition) is 0. The fourth-order valence-electron chi connectivity index (χ4n) is 0.842. The molecule has 16 heavy (non-hydrogen) atoms. The summed E-state index contributed by atoms with van der Waals surface area (Å²) in [5, 5.41) is -0.994. The summed E-state index contributed by atoms with van der Waals surface area (Å²) in [6, 6.07) is -0.0463. The van der Waals surface area contributed by atoms with E-state index in [-0.39, 0.29) is 63.6 Å². The van der Waals surface area contributed by atoms with Gasteiger partial charge in [0, 0.05) is 6.20 Å². The van der Waals surface area contributed by atoms with E-state index in [9.17, 15) is 26.1 Å². The van der Waals surface area contributed by atoms with Crippen LogP contribution in [-0.4, -0.2) is 12.0 Å². The summed E-state index contributed by atoms with van der Waals surface area (Å²) in [6.45, 7) is -5.51. The smallest absolute Gasteiger partial charge is 0.445 e. The predicted molar refractivity (Wildman–Crippen MR) is 43.0 cm³/mol. The Morgan fingerprint density at radius 3 is 2.06 bits per heavy atom. The van der Waals surface area contributed by atoms with Crippen molar-refractivity contribution in [3.63, 3.8) is 0 Å². The molecule has 0 aliphatic heterocycles. The van der Waals surface area contributed by atoms with Gasteiger partial charge in [-0.05, 0) is 0 Å². The van der Waals surface area contributed by atoms with Gasteiger partial charge in [0.1, 0.15) is 5.15 Å². The Bertz CT molecular complexity index is 378. The van der Waals surface area contributed by atoms with Crippen molar-refractivity contribution in [2.45, 2.75) is 6.18 Å². The van der Waals surface area contributed by atoms with Crippen molar-refractivity contribution in [3.05, 3.63) is 23.0 Å². The summed E-state index contributed by atoms with van der Waals surface area (Å²) in [7, 11) is 0. The normalized spacial score (nSPS) is 12.2. The fraction of sp³-hybridized carbons (Fsp3) is 0.167. The average molecular weight is 287 g/mol. The molecule has 1 rings (SSSR count). The van der Waals surface area contributed by atoms with Gasteiger partial charge in [-0.1, -0.05) is 23.1 Å². The molecule has 1 heterocycles. The molecule has 0 bridgehead atoms. The summed E-state index contributed by atoms with van der Waals surface area (Å²) < 4.78 is 72.7. The number of alkyl halides is 3. The number of nitrogens with zero attached hydrogens (tertiary/aromatic N) is 1. The van der Waals surface area contributed by atoms with E-state index in [0.29, 0.717) is 0 Å². The minimum atomic E-state index is -5.51. The minimum Gasteiger partial charge on any atom is -0.445 e. The zero-order valence-electron chi connectivity index (χ0n) is 7.83. The molecule has 0 aliphatic rings. The van der Waals surface area contributed by atoms with Gasteiger partial charge >= 0.3 is 64.5 Å². The number of pyridine rings is 1. The molecule has 0 saturated carbocycles. The molecule has 0 aliphatic carbocycles. The van der Waals surface area contributed by atoms with Gasteiger partial charge < -0.3 is 12.9 Å². The van der Waals surface area contributed by atoms with Gasteiger partial charge in [-0.2, -0.15) is 13.2 Å². The quantitative estimate of drug-likeness (QED) is 0.396. The summed E-state index contributed by atoms with van der Waals surface area (Å²) >= 11 is 5.04. The van der Waals surface area contributed by atoms with Crippen LogP contribution in [-0.2, 0) is 6.18 Å². The zero-order chi connectivity index (χ0) is 11.9. The largest absolute Gasteiger partial charge is 1.00 e. The van der Waals surface area contributed by atoms with Crippen LogP contribution >= 0.6 is 11.6 Å². The Morgan fingerprint density at radius 1 is 1.19 bits per heavy atom. The summed E-state index contributed by atoms with van der Waals surface area (Å²) in [4.78, 5) is 2.85. The topological polar surface area (TPSA) is 12.9 Å². The van der Waals surface area contributed by atoms with Crippen LogP contribution in [0.3, 0.4) is 0 Å². The van der Waals surface area contributed by atoms with Gasteiger partial charge in [0.05, 0.1) is 5.56 Å². The molecule has 10 heteroatoms. The van der Waals surface area contributed by atoms with Crippen LogP contribution in [0.25, 0.3) is 0 Å². The summed E-state index contributed by atoms with van der Waals surface area (Å²) in [5.74, 6) is 0. The van der Waals surface area contributed by atoms with Crippen LogP contribution in [0.2, 0.25) is 5.15 Å². The monoisotopic (exact) mass is 287 g/mol. The first-order chi connectivity index (χ1) is 6.62. The van der Waals surface area contributed by atoms with Crippen LogP contribution in [0.1, 0.15) is 5.56 Å². The second-order valence-corrected chi connectivity index (χ2v) is 3.04. The number of hydrogen-bond acceptors (Lipinski definition) is 1. The van der Waals surface area contributed by atoms with E-state index in [1.807, 2.05) is 0 Å². The first-order valence-electron chi connectivity index (χ1n) is 3.55. The average Bonchev–Trinajstić information content (AvgIpc) is 2.00. The van der Waals surface area contributed by atoms with Crippen molar-refractivity contribution in [3.8, 4) is 0 Å². The molecule has 0 fully saturated rings. The molecule has 0 amide bonds. The molecular formula is C6H2BClF6KN. The maximum Gasteiger partial charge on any atom is 1.00 e. The zero-order valence-corrected chi connectivity index (χ0v) is 11.7. The van der Waals surface area contributed by atoms with Gasteiger partial charge in [0.2, 0.25) is 0 Å². The maximum absolute atomic E-state index is 12.1. The van der Waals surface area contributed by atoms with E-state index in [1.165, 1.54) is 0 Å². The van der Waals surface area contributed by atoms with Crippen LogP contribution in [0.15, 0.2) is 12.3 Å². The Hall–Kier alpha value is 0.721. The SMILES string of the molecule is F[B-](F)(F)c1cnc(Cl)c(C(F)(F)F)c1.[K+]. The molecule has 0 unspecified atom stereocenters. The molecule has 0 spiro atoms. The molecule has 1 aromatic heterocycles. The third-order valence-electron chi connectivity index (χ3n) is 1.54. The van der Waals surface area contributed by atoms with Gasteiger partial charge in [-0.15, -0.1) is 0 Å². The van der Waals surface area contributed by atoms with Crippen molar-refractivity contribution in [2.75, 3.05) is 0 Å². The predicted octanol–water partition coefficient (Wildman–Crippen LogP) is -0.188. The molecule has 0 aromatic carbocycles. The minimum absolute atomic E-state index is 0. The Kier molecular flexibility index (Phi) is 5.83. The van der Waals surface area contributed by atoms with E-state index in [2.05, 4.69) is 4.98 Å². The van der Waals surface area contributed by atoms with E-state index < -0.39 is 29.3 Å². The summed E-state index contributed by atoms with van der Waals surface area (Å²) in [5.41, 5.74) is -3.01.